The maximum atomic E-state index is 12.0. The maximum Gasteiger partial charge on any atom is 0.358 e. The summed E-state index contributed by atoms with van der Waals surface area (Å²) >= 11 is 1.66. The Hall–Kier alpha value is -1.61. The van der Waals surface area contributed by atoms with Gasteiger partial charge < -0.3 is 15.7 Å². The molecule has 1 aromatic rings. The zero-order valence-electron chi connectivity index (χ0n) is 11.1. The smallest absolute Gasteiger partial charge is 0.358 e. The highest BCUT2D eigenvalue weighted by atomic mass is 32.2. The fraction of sp³-hybridized carbons (Fsp3) is 0.636. The van der Waals surface area contributed by atoms with E-state index in [0.717, 1.165) is 5.75 Å². The number of aromatic nitrogens is 3. The number of carboxylic acid groups (broad SMARTS) is 1. The number of hydrogen-bond acceptors (Lipinski definition) is 6. The van der Waals surface area contributed by atoms with Gasteiger partial charge in [-0.25, -0.2) is 9.48 Å². The molecule has 1 aliphatic heterocycles. The van der Waals surface area contributed by atoms with Crippen LogP contribution in [0.5, 0.6) is 0 Å². The van der Waals surface area contributed by atoms with Crippen molar-refractivity contribution in [1.82, 2.24) is 19.9 Å². The number of thioether (sulfide) groups is 1. The third kappa shape index (κ3) is 3.10. The van der Waals surface area contributed by atoms with E-state index in [-0.39, 0.29) is 17.6 Å². The summed E-state index contributed by atoms with van der Waals surface area (Å²) in [5.41, 5.74) is 5.73. The third-order valence-electron chi connectivity index (χ3n) is 3.23. The van der Waals surface area contributed by atoms with Crippen molar-refractivity contribution in [3.63, 3.8) is 0 Å². The van der Waals surface area contributed by atoms with Crippen LogP contribution < -0.4 is 5.73 Å². The van der Waals surface area contributed by atoms with Crippen molar-refractivity contribution < 1.29 is 14.7 Å². The van der Waals surface area contributed by atoms with Crippen LogP contribution in [0.3, 0.4) is 0 Å². The quantitative estimate of drug-likeness (QED) is 0.723. The van der Waals surface area contributed by atoms with Crippen LogP contribution in [-0.4, -0.2) is 68.0 Å². The summed E-state index contributed by atoms with van der Waals surface area (Å²) < 4.78 is 1.49. The van der Waals surface area contributed by atoms with E-state index in [1.807, 2.05) is 6.26 Å². The van der Waals surface area contributed by atoms with E-state index in [9.17, 15) is 9.59 Å². The molecule has 0 spiro atoms. The first kappa shape index (κ1) is 14.8. The Morgan fingerprint density at radius 1 is 1.60 bits per heavy atom. The summed E-state index contributed by atoms with van der Waals surface area (Å²) in [5.74, 6) is -0.314. The largest absolute Gasteiger partial charge is 0.476 e. The molecule has 1 fully saturated rings. The average molecular weight is 299 g/mol. The highest BCUT2D eigenvalue weighted by Crippen LogP contribution is 2.21. The van der Waals surface area contributed by atoms with Gasteiger partial charge in [-0.3, -0.25) is 4.79 Å². The van der Waals surface area contributed by atoms with Gasteiger partial charge in [0.25, 0.3) is 0 Å². The number of carbonyl (C=O) groups excluding carboxylic acids is 1. The molecule has 1 saturated heterocycles. The molecular weight excluding hydrogens is 282 g/mol. The standard InChI is InChI=1S/C11H17N5O3S/c1-20-3-2-8(12)10(17)15-4-7(5-15)16-6-9(11(18)19)13-14-16/h6-8H,2-5,12H2,1H3,(H,18,19)/t8-/m0/s1. The molecule has 3 N–H and O–H groups in total. The van der Waals surface area contributed by atoms with Gasteiger partial charge in [0, 0.05) is 13.1 Å². The summed E-state index contributed by atoms with van der Waals surface area (Å²) in [6.45, 7) is 0.989. The second-order valence-electron chi connectivity index (χ2n) is 4.67. The Kier molecular flexibility index (Phi) is 4.61. The van der Waals surface area contributed by atoms with E-state index in [1.165, 1.54) is 10.9 Å². The zero-order chi connectivity index (χ0) is 14.7. The van der Waals surface area contributed by atoms with Crippen molar-refractivity contribution in [3.05, 3.63) is 11.9 Å². The number of carboxylic acids is 1. The molecule has 9 heteroatoms. The molecule has 1 atom stereocenters. The van der Waals surface area contributed by atoms with Gasteiger partial charge in [-0.05, 0) is 18.4 Å². The lowest BCUT2D eigenvalue weighted by Crippen LogP contribution is -2.55. The Morgan fingerprint density at radius 3 is 2.85 bits per heavy atom. The SMILES string of the molecule is CSCC[C@H](N)C(=O)N1CC(n2cc(C(=O)O)nn2)C1. The second-order valence-corrected chi connectivity index (χ2v) is 5.66. The van der Waals surface area contributed by atoms with Crippen molar-refractivity contribution in [3.8, 4) is 0 Å². The summed E-state index contributed by atoms with van der Waals surface area (Å²) in [7, 11) is 0. The highest BCUT2D eigenvalue weighted by Gasteiger charge is 2.35. The summed E-state index contributed by atoms with van der Waals surface area (Å²) in [6.07, 6.45) is 4.01. The predicted octanol–water partition coefficient (Wildman–Crippen LogP) is -0.560. The molecule has 0 bridgehead atoms. The van der Waals surface area contributed by atoms with Crippen LogP contribution in [0, 0.1) is 0 Å². The van der Waals surface area contributed by atoms with E-state index in [2.05, 4.69) is 10.3 Å². The summed E-state index contributed by atoms with van der Waals surface area (Å²) in [5, 5.41) is 16.1. The third-order valence-corrected chi connectivity index (χ3v) is 3.87. The van der Waals surface area contributed by atoms with Gasteiger partial charge in [0.1, 0.15) is 0 Å². The van der Waals surface area contributed by atoms with Gasteiger partial charge in [-0.1, -0.05) is 5.21 Å². The van der Waals surface area contributed by atoms with Crippen LogP contribution in [0.4, 0.5) is 0 Å². The minimum Gasteiger partial charge on any atom is -0.476 e. The highest BCUT2D eigenvalue weighted by molar-refractivity contribution is 7.98. The Morgan fingerprint density at radius 2 is 2.30 bits per heavy atom. The normalized spacial score (nSPS) is 16.8. The van der Waals surface area contributed by atoms with E-state index in [0.29, 0.717) is 19.5 Å². The molecule has 8 nitrogen and oxygen atoms in total. The van der Waals surface area contributed by atoms with Crippen molar-refractivity contribution in [2.75, 3.05) is 25.1 Å². The van der Waals surface area contributed by atoms with Gasteiger partial charge in [-0.2, -0.15) is 11.8 Å². The van der Waals surface area contributed by atoms with Crippen LogP contribution in [-0.2, 0) is 4.79 Å². The summed E-state index contributed by atoms with van der Waals surface area (Å²) in [4.78, 5) is 24.3. The lowest BCUT2D eigenvalue weighted by Gasteiger charge is -2.40. The molecule has 1 aromatic heterocycles. The monoisotopic (exact) mass is 299 g/mol. The Balaban J connectivity index is 1.84. The first-order chi connectivity index (χ1) is 9.52. The number of nitrogens with zero attached hydrogens (tertiary/aromatic N) is 4. The van der Waals surface area contributed by atoms with Crippen molar-refractivity contribution >= 4 is 23.6 Å². The number of hydrogen-bond donors (Lipinski definition) is 2. The zero-order valence-corrected chi connectivity index (χ0v) is 11.9. The van der Waals surface area contributed by atoms with E-state index in [4.69, 9.17) is 10.8 Å². The number of aromatic carboxylic acids is 1. The minimum absolute atomic E-state index is 0.0210. The topological polar surface area (TPSA) is 114 Å². The van der Waals surface area contributed by atoms with Crippen molar-refractivity contribution in [2.24, 2.45) is 5.73 Å². The molecule has 0 aliphatic carbocycles. The lowest BCUT2D eigenvalue weighted by atomic mass is 10.1. The molecular formula is C11H17N5O3S. The molecule has 2 rings (SSSR count). The van der Waals surface area contributed by atoms with E-state index in [1.54, 1.807) is 16.7 Å². The van der Waals surface area contributed by atoms with Crippen molar-refractivity contribution in [1.29, 1.82) is 0 Å². The molecule has 0 radical (unpaired) electrons. The minimum atomic E-state index is -1.11. The fourth-order valence-corrected chi connectivity index (χ4v) is 2.45. The van der Waals surface area contributed by atoms with Gasteiger partial charge >= 0.3 is 5.97 Å². The van der Waals surface area contributed by atoms with Crippen LogP contribution in [0.25, 0.3) is 0 Å². The van der Waals surface area contributed by atoms with Gasteiger partial charge in [0.15, 0.2) is 5.69 Å². The molecule has 0 unspecified atom stereocenters. The number of carbonyl (C=O) groups is 2. The molecule has 1 amide bonds. The van der Waals surface area contributed by atoms with Gasteiger partial charge in [0.05, 0.1) is 18.3 Å². The number of rotatable bonds is 6. The number of likely N-dealkylation sites (tertiary alicyclic amines) is 1. The maximum absolute atomic E-state index is 12.0. The van der Waals surface area contributed by atoms with Crippen LogP contribution >= 0.6 is 11.8 Å². The predicted molar refractivity (Wildman–Crippen MR) is 73.6 cm³/mol. The Labute approximate surface area is 120 Å². The number of amides is 1. The van der Waals surface area contributed by atoms with Gasteiger partial charge in [0.2, 0.25) is 5.91 Å². The van der Waals surface area contributed by atoms with Gasteiger partial charge in [-0.15, -0.1) is 5.10 Å². The molecule has 1 aliphatic rings. The Bertz CT molecular complexity index is 500. The molecule has 0 aromatic carbocycles. The molecule has 0 saturated carbocycles. The molecule has 110 valence electrons. The number of nitrogens with two attached hydrogens (primary N) is 1. The molecule has 2 heterocycles. The van der Waals surface area contributed by atoms with Crippen LogP contribution in [0.1, 0.15) is 23.0 Å². The van der Waals surface area contributed by atoms with Crippen LogP contribution in [0.15, 0.2) is 6.20 Å². The van der Waals surface area contributed by atoms with Crippen LogP contribution in [0.2, 0.25) is 0 Å². The lowest BCUT2D eigenvalue weighted by molar-refractivity contribution is -0.138. The van der Waals surface area contributed by atoms with E-state index < -0.39 is 12.0 Å². The van der Waals surface area contributed by atoms with Crippen molar-refractivity contribution in [2.45, 2.75) is 18.5 Å². The second kappa shape index (κ2) is 6.23. The molecule has 20 heavy (non-hydrogen) atoms. The fourth-order valence-electron chi connectivity index (χ4n) is 1.96. The first-order valence-corrected chi connectivity index (χ1v) is 7.60. The summed E-state index contributed by atoms with van der Waals surface area (Å²) in [6, 6.07) is -0.485. The average Bonchev–Trinajstić information content (AvgIpc) is 2.83. The van der Waals surface area contributed by atoms with E-state index >= 15 is 0 Å². The first-order valence-electron chi connectivity index (χ1n) is 6.21.